The van der Waals surface area contributed by atoms with Gasteiger partial charge in [0, 0.05) is 19.9 Å². The van der Waals surface area contributed by atoms with E-state index in [0.717, 1.165) is 26.2 Å². The lowest BCUT2D eigenvalue weighted by Gasteiger charge is -2.27. The number of methoxy groups -OCH3 is 3. The quantitative estimate of drug-likeness (QED) is 0.372. The van der Waals surface area contributed by atoms with Crippen molar-refractivity contribution in [2.75, 3.05) is 27.9 Å². The minimum Gasteiger partial charge on any atom is -0.469 e. The highest BCUT2D eigenvalue weighted by Crippen LogP contribution is 2.20. The second-order valence-electron chi connectivity index (χ2n) is 6.00. The third-order valence-electron chi connectivity index (χ3n) is 4.26. The Morgan fingerprint density at radius 1 is 1.07 bits per heavy atom. The van der Waals surface area contributed by atoms with Gasteiger partial charge in [0.15, 0.2) is 0 Å². The van der Waals surface area contributed by atoms with Crippen LogP contribution in [0.25, 0.3) is 0 Å². The van der Waals surface area contributed by atoms with Gasteiger partial charge in [0.2, 0.25) is 11.8 Å². The highest BCUT2D eigenvalue weighted by atomic mass is 16.5. The van der Waals surface area contributed by atoms with Gasteiger partial charge in [-0.2, -0.15) is 0 Å². The molecule has 1 heterocycles. The van der Waals surface area contributed by atoms with Crippen LogP contribution >= 0.6 is 0 Å². The average Bonchev–Trinajstić information content (AvgIpc) is 3.05. The standard InChI is InChI=1S/C16H24N2O9/c1-8(19)18-7-9(20)5-11(18)14(22)17-13(16(24)27-4)10(15(23)26-3)6-12(21)25-2/h9-11,13,20H,5-7H2,1-4H3,(H,17,22)/t9-,10+,11+,13-/m1/s1. The zero-order valence-corrected chi connectivity index (χ0v) is 15.6. The van der Waals surface area contributed by atoms with E-state index in [1.807, 2.05) is 0 Å². The fourth-order valence-corrected chi connectivity index (χ4v) is 2.86. The number of likely N-dealkylation sites (tertiary alicyclic amines) is 1. The predicted molar refractivity (Wildman–Crippen MR) is 87.9 cm³/mol. The van der Waals surface area contributed by atoms with Crippen LogP contribution in [0.2, 0.25) is 0 Å². The molecule has 4 atom stereocenters. The van der Waals surface area contributed by atoms with Gasteiger partial charge < -0.3 is 29.5 Å². The van der Waals surface area contributed by atoms with E-state index in [-0.39, 0.29) is 13.0 Å². The van der Waals surface area contributed by atoms with E-state index < -0.39 is 60.2 Å². The Hall–Kier alpha value is -2.69. The molecule has 1 fully saturated rings. The molecular formula is C16H24N2O9. The number of carbonyl (C=O) groups is 5. The summed E-state index contributed by atoms with van der Waals surface area (Å²) >= 11 is 0. The van der Waals surface area contributed by atoms with Crippen LogP contribution in [0.5, 0.6) is 0 Å². The van der Waals surface area contributed by atoms with Gasteiger partial charge in [0.05, 0.1) is 39.8 Å². The van der Waals surface area contributed by atoms with Crippen LogP contribution in [0.4, 0.5) is 0 Å². The molecule has 0 unspecified atom stereocenters. The van der Waals surface area contributed by atoms with Crippen molar-refractivity contribution in [3.63, 3.8) is 0 Å². The molecule has 27 heavy (non-hydrogen) atoms. The summed E-state index contributed by atoms with van der Waals surface area (Å²) in [6.07, 6.45) is -1.46. The minimum atomic E-state index is -1.54. The smallest absolute Gasteiger partial charge is 0.329 e. The van der Waals surface area contributed by atoms with E-state index in [9.17, 15) is 29.1 Å². The van der Waals surface area contributed by atoms with Crippen LogP contribution in [0.3, 0.4) is 0 Å². The normalized spacial score (nSPS) is 21.0. The first kappa shape index (κ1) is 22.4. The number of β-amino-alcohol motifs (C(OH)–C–C–N with tert-alkyl or cyclic N) is 1. The van der Waals surface area contributed by atoms with Gasteiger partial charge in [-0.15, -0.1) is 0 Å². The van der Waals surface area contributed by atoms with Crippen LogP contribution in [-0.4, -0.2) is 85.8 Å². The van der Waals surface area contributed by atoms with Crippen molar-refractivity contribution in [3.8, 4) is 0 Å². The third-order valence-corrected chi connectivity index (χ3v) is 4.26. The first-order chi connectivity index (χ1) is 12.7. The highest BCUT2D eigenvalue weighted by molar-refractivity contribution is 5.94. The van der Waals surface area contributed by atoms with E-state index in [0.29, 0.717) is 0 Å². The van der Waals surface area contributed by atoms with Crippen molar-refractivity contribution in [1.29, 1.82) is 0 Å². The minimum absolute atomic E-state index is 0.0286. The number of ether oxygens (including phenoxy) is 3. The third kappa shape index (κ3) is 5.64. The first-order valence-corrected chi connectivity index (χ1v) is 8.14. The summed E-state index contributed by atoms with van der Waals surface area (Å²) in [6, 6.07) is -2.57. The number of carbonyl (C=O) groups excluding carboxylic acids is 5. The van der Waals surface area contributed by atoms with Crippen LogP contribution in [0, 0.1) is 5.92 Å². The maximum atomic E-state index is 12.6. The lowest BCUT2D eigenvalue weighted by atomic mass is 9.95. The summed E-state index contributed by atoms with van der Waals surface area (Å²) in [5.74, 6) is -5.29. The zero-order chi connectivity index (χ0) is 20.7. The van der Waals surface area contributed by atoms with E-state index >= 15 is 0 Å². The van der Waals surface area contributed by atoms with Crippen LogP contribution in [-0.2, 0) is 38.2 Å². The molecule has 0 saturated carbocycles. The fraction of sp³-hybridized carbons (Fsp3) is 0.688. The van der Waals surface area contributed by atoms with Crippen molar-refractivity contribution in [2.45, 2.75) is 38.0 Å². The summed E-state index contributed by atoms with van der Waals surface area (Å²) in [6.45, 7) is 1.21. The van der Waals surface area contributed by atoms with Crippen molar-refractivity contribution < 1.29 is 43.3 Å². The maximum Gasteiger partial charge on any atom is 0.329 e. The van der Waals surface area contributed by atoms with E-state index in [1.165, 1.54) is 6.92 Å². The van der Waals surface area contributed by atoms with Gasteiger partial charge >= 0.3 is 17.9 Å². The maximum absolute atomic E-state index is 12.6. The molecule has 0 aromatic heterocycles. The van der Waals surface area contributed by atoms with E-state index in [1.54, 1.807) is 0 Å². The number of aliphatic hydroxyl groups is 1. The molecule has 1 saturated heterocycles. The number of hydrogen-bond acceptors (Lipinski definition) is 9. The Morgan fingerprint density at radius 2 is 1.67 bits per heavy atom. The zero-order valence-electron chi connectivity index (χ0n) is 15.6. The molecule has 2 N–H and O–H groups in total. The molecule has 1 aliphatic heterocycles. The number of nitrogens with zero attached hydrogens (tertiary/aromatic N) is 1. The molecular weight excluding hydrogens is 364 g/mol. The first-order valence-electron chi connectivity index (χ1n) is 8.14. The van der Waals surface area contributed by atoms with Gasteiger partial charge in [0.1, 0.15) is 12.1 Å². The SMILES string of the molecule is COC(=O)C[C@H](C(=O)OC)[C@@H](NC(=O)[C@@H]1C[C@@H](O)CN1C(C)=O)C(=O)OC. The number of amides is 2. The van der Waals surface area contributed by atoms with E-state index in [4.69, 9.17) is 0 Å². The van der Waals surface area contributed by atoms with Gasteiger partial charge in [-0.1, -0.05) is 0 Å². The summed E-state index contributed by atoms with van der Waals surface area (Å²) in [5, 5.41) is 12.1. The van der Waals surface area contributed by atoms with E-state index in [2.05, 4.69) is 19.5 Å². The molecule has 1 rings (SSSR count). The van der Waals surface area contributed by atoms with Crippen LogP contribution in [0.15, 0.2) is 0 Å². The number of aliphatic hydroxyl groups excluding tert-OH is 1. The Bertz CT molecular complexity index is 607. The Kier molecular flexibility index (Phi) is 8.16. The van der Waals surface area contributed by atoms with Crippen molar-refractivity contribution in [2.24, 2.45) is 5.92 Å². The largest absolute Gasteiger partial charge is 0.469 e. The van der Waals surface area contributed by atoms with Crippen LogP contribution in [0.1, 0.15) is 19.8 Å². The lowest BCUT2D eigenvalue weighted by Crippen LogP contribution is -2.55. The molecule has 2 amide bonds. The molecule has 11 heteroatoms. The van der Waals surface area contributed by atoms with Gasteiger partial charge in [0.25, 0.3) is 0 Å². The van der Waals surface area contributed by atoms with Crippen molar-refractivity contribution >= 4 is 29.7 Å². The molecule has 0 aliphatic carbocycles. The molecule has 0 aromatic carbocycles. The van der Waals surface area contributed by atoms with Gasteiger partial charge in [-0.05, 0) is 0 Å². The Balaban J connectivity index is 3.09. The second kappa shape index (κ2) is 9.86. The molecule has 11 nitrogen and oxygen atoms in total. The predicted octanol–water partition coefficient (Wildman–Crippen LogP) is -2.02. The fourth-order valence-electron chi connectivity index (χ4n) is 2.86. The number of esters is 3. The molecule has 0 spiro atoms. The molecule has 0 bridgehead atoms. The number of hydrogen-bond donors (Lipinski definition) is 2. The summed E-state index contributed by atoms with van der Waals surface area (Å²) in [5.41, 5.74) is 0. The summed E-state index contributed by atoms with van der Waals surface area (Å²) in [7, 11) is 3.22. The van der Waals surface area contributed by atoms with Gasteiger partial charge in [-0.3, -0.25) is 19.2 Å². The number of rotatable bonds is 7. The highest BCUT2D eigenvalue weighted by Gasteiger charge is 2.43. The van der Waals surface area contributed by atoms with Crippen LogP contribution < -0.4 is 5.32 Å². The second-order valence-corrected chi connectivity index (χ2v) is 6.00. The average molecular weight is 388 g/mol. The molecule has 0 aromatic rings. The number of nitrogens with one attached hydrogen (secondary N) is 1. The molecule has 152 valence electrons. The molecule has 1 aliphatic rings. The monoisotopic (exact) mass is 388 g/mol. The van der Waals surface area contributed by atoms with Crippen molar-refractivity contribution in [3.05, 3.63) is 0 Å². The lowest BCUT2D eigenvalue weighted by molar-refractivity contribution is -0.159. The van der Waals surface area contributed by atoms with Crippen molar-refractivity contribution in [1.82, 2.24) is 10.2 Å². The summed E-state index contributed by atoms with van der Waals surface area (Å²) < 4.78 is 13.7. The topological polar surface area (TPSA) is 149 Å². The molecule has 0 radical (unpaired) electrons. The summed E-state index contributed by atoms with van der Waals surface area (Å²) in [4.78, 5) is 61.2. The van der Waals surface area contributed by atoms with Gasteiger partial charge in [-0.25, -0.2) is 4.79 Å². The Labute approximate surface area is 155 Å². The Morgan fingerprint density at radius 3 is 2.15 bits per heavy atom.